The van der Waals surface area contributed by atoms with Gasteiger partial charge in [0.05, 0.1) is 13.2 Å². The van der Waals surface area contributed by atoms with Crippen molar-refractivity contribution in [1.82, 2.24) is 0 Å². The maximum absolute atomic E-state index is 9.49. The summed E-state index contributed by atoms with van der Waals surface area (Å²) in [6.45, 7) is 18.3. The van der Waals surface area contributed by atoms with Gasteiger partial charge in [0.1, 0.15) is 0 Å². The zero-order valence-electron chi connectivity index (χ0n) is 13.5. The molecule has 3 heteroatoms. The molecule has 2 nitrogen and oxygen atoms in total. The SMILES string of the molecule is C=C(C)[C@@H]1CCC(CO)=C1CO[Si](C)(C)C(C)(C)C. The molecular weight excluding hydrogens is 252 g/mol. The van der Waals surface area contributed by atoms with Gasteiger partial charge in [-0.05, 0) is 49.0 Å². The van der Waals surface area contributed by atoms with Crippen LogP contribution in [0.15, 0.2) is 23.3 Å². The Kier molecular flexibility index (Phi) is 5.21. The molecule has 1 atom stereocenters. The number of aliphatic hydroxyl groups excluding tert-OH is 1. The predicted octanol–water partition coefficient (Wildman–Crippen LogP) is 4.28. The third-order valence-corrected chi connectivity index (χ3v) is 9.27. The first-order valence-electron chi connectivity index (χ1n) is 7.21. The Balaban J connectivity index is 2.82. The monoisotopic (exact) mass is 282 g/mol. The van der Waals surface area contributed by atoms with Crippen LogP contribution in [0.3, 0.4) is 0 Å². The van der Waals surface area contributed by atoms with Crippen LogP contribution in [0.25, 0.3) is 0 Å². The summed E-state index contributed by atoms with van der Waals surface area (Å²) in [5, 5.41) is 9.72. The molecule has 19 heavy (non-hydrogen) atoms. The van der Waals surface area contributed by atoms with Gasteiger partial charge < -0.3 is 9.53 Å². The van der Waals surface area contributed by atoms with Crippen molar-refractivity contribution < 1.29 is 9.53 Å². The fourth-order valence-electron chi connectivity index (χ4n) is 2.30. The summed E-state index contributed by atoms with van der Waals surface area (Å²) in [7, 11) is -1.72. The molecule has 110 valence electrons. The maximum Gasteiger partial charge on any atom is 0.192 e. The van der Waals surface area contributed by atoms with Crippen molar-refractivity contribution in [3.63, 3.8) is 0 Å². The van der Waals surface area contributed by atoms with E-state index in [-0.39, 0.29) is 11.6 Å². The minimum absolute atomic E-state index is 0.167. The van der Waals surface area contributed by atoms with Crippen molar-refractivity contribution in [3.8, 4) is 0 Å². The van der Waals surface area contributed by atoms with Gasteiger partial charge >= 0.3 is 0 Å². The van der Waals surface area contributed by atoms with E-state index in [1.807, 2.05) is 0 Å². The van der Waals surface area contributed by atoms with Crippen molar-refractivity contribution in [2.24, 2.45) is 5.92 Å². The lowest BCUT2D eigenvalue weighted by molar-refractivity contribution is 0.301. The first-order chi connectivity index (χ1) is 8.60. The first kappa shape index (κ1) is 16.7. The molecule has 1 aliphatic rings. The maximum atomic E-state index is 9.49. The molecule has 0 unspecified atom stereocenters. The van der Waals surface area contributed by atoms with Crippen molar-refractivity contribution in [1.29, 1.82) is 0 Å². The largest absolute Gasteiger partial charge is 0.413 e. The molecule has 0 spiro atoms. The molecule has 0 bridgehead atoms. The van der Waals surface area contributed by atoms with Gasteiger partial charge in [-0.25, -0.2) is 0 Å². The van der Waals surface area contributed by atoms with Crippen molar-refractivity contribution >= 4 is 8.32 Å². The molecule has 0 fully saturated rings. The summed E-state index contributed by atoms with van der Waals surface area (Å²) >= 11 is 0. The Morgan fingerprint density at radius 3 is 2.42 bits per heavy atom. The molecule has 0 saturated heterocycles. The number of hydrogen-bond acceptors (Lipinski definition) is 2. The van der Waals surface area contributed by atoms with Crippen LogP contribution in [-0.2, 0) is 4.43 Å². The van der Waals surface area contributed by atoms with Gasteiger partial charge in [0.15, 0.2) is 8.32 Å². The number of aliphatic hydroxyl groups is 1. The summed E-state index contributed by atoms with van der Waals surface area (Å²) in [5.74, 6) is 0.409. The average Bonchev–Trinajstić information content (AvgIpc) is 2.67. The van der Waals surface area contributed by atoms with E-state index in [2.05, 4.69) is 47.4 Å². The lowest BCUT2D eigenvalue weighted by Crippen LogP contribution is -2.41. The molecule has 0 aromatic rings. The van der Waals surface area contributed by atoms with Crippen LogP contribution in [0, 0.1) is 5.92 Å². The highest BCUT2D eigenvalue weighted by Crippen LogP contribution is 2.40. The molecular formula is C16H30O2Si. The molecule has 1 aliphatic carbocycles. The van der Waals surface area contributed by atoms with Gasteiger partial charge in [0.2, 0.25) is 0 Å². The average molecular weight is 282 g/mol. The predicted molar refractivity (Wildman–Crippen MR) is 84.8 cm³/mol. The van der Waals surface area contributed by atoms with E-state index in [1.165, 1.54) is 16.7 Å². The highest BCUT2D eigenvalue weighted by atomic mass is 28.4. The third-order valence-electron chi connectivity index (χ3n) is 4.79. The van der Waals surface area contributed by atoms with Gasteiger partial charge in [-0.3, -0.25) is 0 Å². The van der Waals surface area contributed by atoms with Crippen LogP contribution in [0.4, 0.5) is 0 Å². The van der Waals surface area contributed by atoms with Gasteiger partial charge in [0, 0.05) is 5.92 Å². The minimum atomic E-state index is -1.72. The molecule has 0 aromatic carbocycles. The molecule has 1 N–H and O–H groups in total. The Labute approximate surface area is 119 Å². The van der Waals surface area contributed by atoms with Gasteiger partial charge in [-0.2, -0.15) is 0 Å². The van der Waals surface area contributed by atoms with E-state index >= 15 is 0 Å². The second-order valence-electron chi connectivity index (χ2n) is 7.27. The quantitative estimate of drug-likeness (QED) is 0.602. The molecule has 0 saturated carbocycles. The number of hydrogen-bond donors (Lipinski definition) is 1. The van der Waals surface area contributed by atoms with Crippen molar-refractivity contribution in [2.45, 2.75) is 58.7 Å². The highest BCUT2D eigenvalue weighted by molar-refractivity contribution is 6.74. The Morgan fingerprint density at radius 1 is 1.42 bits per heavy atom. The summed E-state index contributed by atoms with van der Waals surface area (Å²) < 4.78 is 6.32. The number of allylic oxidation sites excluding steroid dienone is 1. The molecule has 0 aromatic heterocycles. The van der Waals surface area contributed by atoms with Gasteiger partial charge in [-0.1, -0.05) is 32.9 Å². The topological polar surface area (TPSA) is 29.5 Å². The molecule has 0 heterocycles. The zero-order chi connectivity index (χ0) is 14.8. The smallest absolute Gasteiger partial charge is 0.192 e. The van der Waals surface area contributed by atoms with Crippen LogP contribution < -0.4 is 0 Å². The summed E-state index contributed by atoms with van der Waals surface area (Å²) in [6.07, 6.45) is 2.08. The second kappa shape index (κ2) is 5.94. The van der Waals surface area contributed by atoms with E-state index in [9.17, 15) is 5.11 Å². The van der Waals surface area contributed by atoms with E-state index in [4.69, 9.17) is 4.43 Å². The minimum Gasteiger partial charge on any atom is -0.413 e. The molecule has 0 radical (unpaired) electrons. The van der Waals surface area contributed by atoms with E-state index in [1.54, 1.807) is 0 Å². The summed E-state index contributed by atoms with van der Waals surface area (Å²) in [5.41, 5.74) is 3.66. The van der Waals surface area contributed by atoms with Gasteiger partial charge in [0.25, 0.3) is 0 Å². The van der Waals surface area contributed by atoms with Gasteiger partial charge in [-0.15, -0.1) is 0 Å². The fourth-order valence-corrected chi connectivity index (χ4v) is 3.25. The van der Waals surface area contributed by atoms with Crippen LogP contribution in [0.1, 0.15) is 40.5 Å². The fraction of sp³-hybridized carbons (Fsp3) is 0.750. The highest BCUT2D eigenvalue weighted by Gasteiger charge is 2.38. The number of rotatable bonds is 5. The van der Waals surface area contributed by atoms with Crippen molar-refractivity contribution in [3.05, 3.63) is 23.3 Å². The van der Waals surface area contributed by atoms with Crippen molar-refractivity contribution in [2.75, 3.05) is 13.2 Å². The Bertz CT molecular complexity index is 375. The van der Waals surface area contributed by atoms with E-state index in [0.29, 0.717) is 12.5 Å². The lowest BCUT2D eigenvalue weighted by Gasteiger charge is -2.37. The second-order valence-corrected chi connectivity index (χ2v) is 12.1. The third kappa shape index (κ3) is 3.80. The van der Waals surface area contributed by atoms with E-state index in [0.717, 1.165) is 12.8 Å². The Morgan fingerprint density at radius 2 is 2.00 bits per heavy atom. The summed E-state index contributed by atoms with van der Waals surface area (Å²) in [6, 6.07) is 0. The lowest BCUT2D eigenvalue weighted by atomic mass is 9.95. The molecule has 1 rings (SSSR count). The Hall–Kier alpha value is -0.383. The van der Waals surface area contributed by atoms with Crippen LogP contribution in [-0.4, -0.2) is 26.6 Å². The van der Waals surface area contributed by atoms with Crippen LogP contribution in [0.2, 0.25) is 18.1 Å². The standard InChI is InChI=1S/C16H30O2Si/c1-12(2)14-9-8-13(10-17)15(14)11-18-19(6,7)16(3,4)5/h14,17H,1,8-11H2,2-7H3/t14-/m0/s1. The molecule has 0 amide bonds. The molecule has 0 aliphatic heterocycles. The van der Waals surface area contributed by atoms with Crippen LogP contribution >= 0.6 is 0 Å². The summed E-state index contributed by atoms with van der Waals surface area (Å²) in [4.78, 5) is 0. The van der Waals surface area contributed by atoms with E-state index < -0.39 is 8.32 Å². The normalized spacial score (nSPS) is 21.1. The van der Waals surface area contributed by atoms with Crippen LogP contribution in [0.5, 0.6) is 0 Å². The zero-order valence-corrected chi connectivity index (χ0v) is 14.5. The first-order valence-corrected chi connectivity index (χ1v) is 10.1.